The van der Waals surface area contributed by atoms with Crippen molar-refractivity contribution in [2.24, 2.45) is 0 Å². The van der Waals surface area contributed by atoms with Crippen LogP contribution in [0.5, 0.6) is 0 Å². The highest BCUT2D eigenvalue weighted by molar-refractivity contribution is 5.56. The number of benzene rings is 1. The van der Waals surface area contributed by atoms with Crippen LogP contribution in [-0.4, -0.2) is 12.0 Å². The summed E-state index contributed by atoms with van der Waals surface area (Å²) in [4.78, 5) is 4.26. The van der Waals surface area contributed by atoms with Gasteiger partial charge in [0.2, 0.25) is 0 Å². The molecule has 1 heterocycles. The fraction of sp³-hybridized carbons (Fsp3) is 0.154. The molecule has 0 bridgehead atoms. The maximum Gasteiger partial charge on any atom is 0.0594 e. The van der Waals surface area contributed by atoms with E-state index in [4.69, 9.17) is 0 Å². The van der Waals surface area contributed by atoms with Crippen molar-refractivity contribution in [1.82, 2.24) is 4.98 Å². The van der Waals surface area contributed by atoms with Gasteiger partial charge in [0.25, 0.3) is 0 Å². The van der Waals surface area contributed by atoms with Gasteiger partial charge in [0, 0.05) is 24.6 Å². The van der Waals surface area contributed by atoms with E-state index in [1.807, 2.05) is 43.4 Å². The van der Waals surface area contributed by atoms with E-state index in [1.54, 1.807) is 6.20 Å². The van der Waals surface area contributed by atoms with Gasteiger partial charge < -0.3 is 10.6 Å². The molecule has 2 rings (SSSR count). The zero-order valence-electron chi connectivity index (χ0n) is 9.27. The summed E-state index contributed by atoms with van der Waals surface area (Å²) in [6.45, 7) is 0.744. The maximum absolute atomic E-state index is 4.26. The number of hydrogen-bond acceptors (Lipinski definition) is 3. The first-order chi connectivity index (χ1) is 7.88. The molecular weight excluding hydrogens is 198 g/mol. The molecule has 0 radical (unpaired) electrons. The minimum absolute atomic E-state index is 0.744. The minimum Gasteiger partial charge on any atom is -0.388 e. The zero-order chi connectivity index (χ0) is 11.2. The van der Waals surface area contributed by atoms with E-state index in [1.165, 1.54) is 0 Å². The number of rotatable bonds is 4. The molecule has 0 unspecified atom stereocenters. The SMILES string of the molecule is CNc1cccc(NCc2ccccn2)c1. The van der Waals surface area contributed by atoms with Crippen molar-refractivity contribution in [3.05, 3.63) is 54.4 Å². The first kappa shape index (κ1) is 10.5. The van der Waals surface area contributed by atoms with E-state index in [0.717, 1.165) is 23.6 Å². The van der Waals surface area contributed by atoms with Gasteiger partial charge in [0.15, 0.2) is 0 Å². The minimum atomic E-state index is 0.744. The Bertz CT molecular complexity index is 440. The van der Waals surface area contributed by atoms with E-state index in [0.29, 0.717) is 0 Å². The van der Waals surface area contributed by atoms with Crippen molar-refractivity contribution in [2.45, 2.75) is 6.54 Å². The second-order valence-electron chi connectivity index (χ2n) is 3.51. The van der Waals surface area contributed by atoms with E-state index in [9.17, 15) is 0 Å². The molecule has 2 N–H and O–H groups in total. The lowest BCUT2D eigenvalue weighted by Gasteiger charge is -2.07. The molecule has 2 aromatic rings. The van der Waals surface area contributed by atoms with Gasteiger partial charge in [0.1, 0.15) is 0 Å². The van der Waals surface area contributed by atoms with Crippen LogP contribution >= 0.6 is 0 Å². The van der Waals surface area contributed by atoms with Crippen molar-refractivity contribution < 1.29 is 0 Å². The van der Waals surface area contributed by atoms with Crippen LogP contribution in [0.1, 0.15) is 5.69 Å². The molecule has 0 aliphatic rings. The molecule has 0 aliphatic carbocycles. The quantitative estimate of drug-likeness (QED) is 0.820. The molecule has 0 saturated heterocycles. The van der Waals surface area contributed by atoms with Crippen molar-refractivity contribution in [3.63, 3.8) is 0 Å². The Kier molecular flexibility index (Phi) is 3.38. The van der Waals surface area contributed by atoms with Crippen molar-refractivity contribution in [1.29, 1.82) is 0 Å². The predicted molar refractivity (Wildman–Crippen MR) is 67.6 cm³/mol. The summed E-state index contributed by atoms with van der Waals surface area (Å²) in [7, 11) is 1.91. The van der Waals surface area contributed by atoms with E-state index < -0.39 is 0 Å². The van der Waals surface area contributed by atoms with Crippen LogP contribution in [0.4, 0.5) is 11.4 Å². The molecule has 0 aliphatic heterocycles. The van der Waals surface area contributed by atoms with Gasteiger partial charge in [-0.3, -0.25) is 4.98 Å². The first-order valence-corrected chi connectivity index (χ1v) is 5.30. The van der Waals surface area contributed by atoms with Crippen molar-refractivity contribution >= 4 is 11.4 Å². The number of hydrogen-bond donors (Lipinski definition) is 2. The third-order valence-corrected chi connectivity index (χ3v) is 2.35. The van der Waals surface area contributed by atoms with Crippen LogP contribution in [0.2, 0.25) is 0 Å². The van der Waals surface area contributed by atoms with E-state index >= 15 is 0 Å². The Balaban J connectivity index is 1.99. The molecule has 0 fully saturated rings. The van der Waals surface area contributed by atoms with Crippen LogP contribution in [0.15, 0.2) is 48.7 Å². The normalized spacial score (nSPS) is 9.81. The van der Waals surface area contributed by atoms with E-state index in [-0.39, 0.29) is 0 Å². The highest BCUT2D eigenvalue weighted by Gasteiger charge is 1.95. The smallest absolute Gasteiger partial charge is 0.0594 e. The fourth-order valence-corrected chi connectivity index (χ4v) is 1.48. The summed E-state index contributed by atoms with van der Waals surface area (Å²) < 4.78 is 0. The Hall–Kier alpha value is -2.03. The van der Waals surface area contributed by atoms with Crippen LogP contribution in [0.3, 0.4) is 0 Å². The molecular formula is C13H15N3. The summed E-state index contributed by atoms with van der Waals surface area (Å²) in [6.07, 6.45) is 1.81. The summed E-state index contributed by atoms with van der Waals surface area (Å²) in [5.41, 5.74) is 3.24. The number of nitrogens with one attached hydrogen (secondary N) is 2. The molecule has 16 heavy (non-hydrogen) atoms. The summed E-state index contributed by atoms with van der Waals surface area (Å²) in [6, 6.07) is 14.1. The molecule has 1 aromatic carbocycles. The predicted octanol–water partition coefficient (Wildman–Crippen LogP) is 2.74. The highest BCUT2D eigenvalue weighted by atomic mass is 14.9. The Morgan fingerprint density at radius 1 is 1.06 bits per heavy atom. The number of anilines is 2. The van der Waals surface area contributed by atoms with Gasteiger partial charge in [-0.2, -0.15) is 0 Å². The van der Waals surface area contributed by atoms with Crippen LogP contribution in [0, 0.1) is 0 Å². The van der Waals surface area contributed by atoms with Gasteiger partial charge >= 0.3 is 0 Å². The van der Waals surface area contributed by atoms with Crippen LogP contribution in [0.25, 0.3) is 0 Å². The van der Waals surface area contributed by atoms with Gasteiger partial charge in [-0.05, 0) is 30.3 Å². The highest BCUT2D eigenvalue weighted by Crippen LogP contribution is 2.14. The molecule has 0 atom stereocenters. The number of nitrogens with zero attached hydrogens (tertiary/aromatic N) is 1. The van der Waals surface area contributed by atoms with E-state index in [2.05, 4.69) is 21.7 Å². The van der Waals surface area contributed by atoms with Gasteiger partial charge in [-0.15, -0.1) is 0 Å². The fourth-order valence-electron chi connectivity index (χ4n) is 1.48. The third-order valence-electron chi connectivity index (χ3n) is 2.35. The summed E-state index contributed by atoms with van der Waals surface area (Å²) >= 11 is 0. The molecule has 1 aromatic heterocycles. The summed E-state index contributed by atoms with van der Waals surface area (Å²) in [5, 5.41) is 6.44. The third kappa shape index (κ3) is 2.73. The van der Waals surface area contributed by atoms with Crippen LogP contribution < -0.4 is 10.6 Å². The molecule has 0 amide bonds. The maximum atomic E-state index is 4.26. The molecule has 82 valence electrons. The molecule has 0 saturated carbocycles. The lowest BCUT2D eigenvalue weighted by Crippen LogP contribution is -2.01. The van der Waals surface area contributed by atoms with Gasteiger partial charge in [-0.25, -0.2) is 0 Å². The molecule has 3 nitrogen and oxygen atoms in total. The van der Waals surface area contributed by atoms with Crippen LogP contribution in [-0.2, 0) is 6.54 Å². The topological polar surface area (TPSA) is 37.0 Å². The van der Waals surface area contributed by atoms with Crippen molar-refractivity contribution in [2.75, 3.05) is 17.7 Å². The zero-order valence-corrected chi connectivity index (χ0v) is 9.27. The Morgan fingerprint density at radius 3 is 2.69 bits per heavy atom. The Morgan fingerprint density at radius 2 is 1.94 bits per heavy atom. The monoisotopic (exact) mass is 213 g/mol. The number of pyridine rings is 1. The lowest BCUT2D eigenvalue weighted by molar-refractivity contribution is 1.05. The first-order valence-electron chi connectivity index (χ1n) is 5.30. The molecule has 0 spiro atoms. The second kappa shape index (κ2) is 5.16. The van der Waals surface area contributed by atoms with Gasteiger partial charge in [0.05, 0.1) is 12.2 Å². The average Bonchev–Trinajstić information content (AvgIpc) is 2.38. The Labute approximate surface area is 95.5 Å². The lowest BCUT2D eigenvalue weighted by atomic mass is 10.2. The standard InChI is InChI=1S/C13H15N3/c1-14-11-6-4-7-12(9-11)16-10-13-5-2-3-8-15-13/h2-9,14,16H,10H2,1H3. The summed E-state index contributed by atoms with van der Waals surface area (Å²) in [5.74, 6) is 0. The number of aromatic nitrogens is 1. The van der Waals surface area contributed by atoms with Crippen molar-refractivity contribution in [3.8, 4) is 0 Å². The van der Waals surface area contributed by atoms with Gasteiger partial charge in [-0.1, -0.05) is 12.1 Å². The largest absolute Gasteiger partial charge is 0.388 e. The average molecular weight is 213 g/mol. The molecule has 3 heteroatoms. The second-order valence-corrected chi connectivity index (χ2v) is 3.51.